The van der Waals surface area contributed by atoms with E-state index in [0.29, 0.717) is 0 Å². The summed E-state index contributed by atoms with van der Waals surface area (Å²) in [7, 11) is 1.45. The van der Waals surface area contributed by atoms with Crippen LogP contribution >= 0.6 is 11.6 Å². The molecule has 18 heavy (non-hydrogen) atoms. The quantitative estimate of drug-likeness (QED) is 0.692. The van der Waals surface area contributed by atoms with Gasteiger partial charge in [-0.3, -0.25) is 0 Å². The van der Waals surface area contributed by atoms with Crippen LogP contribution in [-0.4, -0.2) is 37.1 Å². The van der Waals surface area contributed by atoms with E-state index in [1.807, 2.05) is 24.3 Å². The highest BCUT2D eigenvalue weighted by Gasteiger charge is 2.11. The minimum atomic E-state index is 0.0384. The van der Waals surface area contributed by atoms with Crippen molar-refractivity contribution in [1.29, 1.82) is 0 Å². The second kappa shape index (κ2) is 4.19. The average molecular weight is 263 g/mol. The minimum absolute atomic E-state index is 0.0384. The second-order valence-corrected chi connectivity index (χ2v) is 3.72. The van der Waals surface area contributed by atoms with Crippen molar-refractivity contribution in [3.8, 4) is 12.0 Å². The van der Waals surface area contributed by atoms with E-state index in [9.17, 15) is 0 Å². The molecule has 0 atom stereocenters. The van der Waals surface area contributed by atoms with Crippen molar-refractivity contribution in [3.05, 3.63) is 29.5 Å². The van der Waals surface area contributed by atoms with Gasteiger partial charge in [0, 0.05) is 0 Å². The van der Waals surface area contributed by atoms with Gasteiger partial charge in [-0.1, -0.05) is 17.3 Å². The molecule has 0 aliphatic rings. The highest BCUT2D eigenvalue weighted by molar-refractivity contribution is 6.28. The summed E-state index contributed by atoms with van der Waals surface area (Å²) in [5.41, 5.74) is 1.52. The van der Waals surface area contributed by atoms with Crippen LogP contribution in [0, 0.1) is 0 Å². The molecule has 2 heterocycles. The predicted octanol–water partition coefficient (Wildman–Crippen LogP) is 1.27. The zero-order chi connectivity index (χ0) is 12.5. The monoisotopic (exact) mass is 262 g/mol. The maximum Gasteiger partial charge on any atom is 0.322 e. The largest absolute Gasteiger partial charge is 0.467 e. The molecule has 0 unspecified atom stereocenters. The van der Waals surface area contributed by atoms with Gasteiger partial charge in [0.15, 0.2) is 0 Å². The molecule has 0 fully saturated rings. The maximum absolute atomic E-state index is 5.79. The molecule has 2 aromatic heterocycles. The predicted molar refractivity (Wildman–Crippen MR) is 63.8 cm³/mol. The number of ether oxygens (including phenoxy) is 1. The van der Waals surface area contributed by atoms with E-state index in [0.717, 1.165) is 11.0 Å². The first-order valence-corrected chi connectivity index (χ1v) is 5.42. The number of rotatable bonds is 2. The van der Waals surface area contributed by atoms with Crippen LogP contribution in [0.25, 0.3) is 17.0 Å². The highest BCUT2D eigenvalue weighted by atomic mass is 35.5. The van der Waals surface area contributed by atoms with Crippen molar-refractivity contribution in [1.82, 2.24) is 29.9 Å². The van der Waals surface area contributed by atoms with Crippen molar-refractivity contribution in [2.24, 2.45) is 0 Å². The number of nitrogens with zero attached hydrogens (tertiary/aromatic N) is 6. The van der Waals surface area contributed by atoms with Gasteiger partial charge in [0.05, 0.1) is 12.6 Å². The Morgan fingerprint density at radius 2 is 2.00 bits per heavy atom. The van der Waals surface area contributed by atoms with E-state index in [1.54, 1.807) is 0 Å². The fraction of sp³-hybridized carbons (Fsp3) is 0.100. The lowest BCUT2D eigenvalue weighted by Gasteiger charge is -2.02. The Morgan fingerprint density at radius 3 is 2.83 bits per heavy atom. The van der Waals surface area contributed by atoms with Gasteiger partial charge in [0.2, 0.25) is 5.28 Å². The number of para-hydroxylation sites is 1. The molecule has 3 rings (SSSR count). The van der Waals surface area contributed by atoms with Gasteiger partial charge in [-0.05, 0) is 23.7 Å². The third-order valence-electron chi connectivity index (χ3n) is 2.30. The second-order valence-electron chi connectivity index (χ2n) is 3.38. The number of hydrogen-bond donors (Lipinski definition) is 0. The first-order chi connectivity index (χ1) is 8.78. The Labute approximate surface area is 106 Å². The van der Waals surface area contributed by atoms with Gasteiger partial charge in [-0.15, -0.1) is 5.10 Å². The molecular weight excluding hydrogens is 256 g/mol. The number of fused-ring (bicyclic) bond motifs is 1. The molecule has 90 valence electrons. The van der Waals surface area contributed by atoms with Gasteiger partial charge in [0.25, 0.3) is 5.95 Å². The first kappa shape index (κ1) is 10.8. The zero-order valence-corrected chi connectivity index (χ0v) is 10.0. The molecule has 0 saturated heterocycles. The van der Waals surface area contributed by atoms with Crippen molar-refractivity contribution in [3.63, 3.8) is 0 Å². The third kappa shape index (κ3) is 1.74. The van der Waals surface area contributed by atoms with E-state index >= 15 is 0 Å². The van der Waals surface area contributed by atoms with Crippen LogP contribution in [0.4, 0.5) is 0 Å². The summed E-state index contributed by atoms with van der Waals surface area (Å²) in [5.74, 6) is 0.264. The number of hydrogen-bond acceptors (Lipinski definition) is 6. The summed E-state index contributed by atoms with van der Waals surface area (Å²) in [6, 6.07) is 7.59. The Balaban J connectivity index is 2.22. The third-order valence-corrected chi connectivity index (χ3v) is 2.47. The molecule has 0 bridgehead atoms. The van der Waals surface area contributed by atoms with Gasteiger partial charge >= 0.3 is 6.01 Å². The van der Waals surface area contributed by atoms with Crippen molar-refractivity contribution >= 4 is 22.6 Å². The molecular formula is C10H7ClN6O. The summed E-state index contributed by atoms with van der Waals surface area (Å²) in [5, 5.41) is 8.03. The van der Waals surface area contributed by atoms with E-state index in [2.05, 4.69) is 25.3 Å². The van der Waals surface area contributed by atoms with Crippen LogP contribution in [0.3, 0.4) is 0 Å². The number of aromatic nitrogens is 6. The molecule has 1 aromatic carbocycles. The molecule has 0 N–H and O–H groups in total. The van der Waals surface area contributed by atoms with Gasteiger partial charge in [-0.25, -0.2) is 0 Å². The lowest BCUT2D eigenvalue weighted by Crippen LogP contribution is -2.06. The van der Waals surface area contributed by atoms with E-state index in [1.165, 1.54) is 11.8 Å². The van der Waals surface area contributed by atoms with E-state index in [-0.39, 0.29) is 17.2 Å². The SMILES string of the molecule is COc1nc(Cl)nc(-n2nnc3ccccc32)n1. The summed E-state index contributed by atoms with van der Waals surface area (Å²) >= 11 is 5.79. The molecule has 0 saturated carbocycles. The van der Waals surface area contributed by atoms with Crippen LogP contribution in [0.1, 0.15) is 0 Å². The Morgan fingerprint density at radius 1 is 1.17 bits per heavy atom. The topological polar surface area (TPSA) is 78.6 Å². The van der Waals surface area contributed by atoms with Gasteiger partial charge in [0.1, 0.15) is 5.52 Å². The molecule has 0 aliphatic heterocycles. The Kier molecular flexibility index (Phi) is 2.52. The first-order valence-electron chi connectivity index (χ1n) is 5.04. The Hall–Kier alpha value is -2.28. The molecule has 3 aromatic rings. The number of halogens is 1. The minimum Gasteiger partial charge on any atom is -0.467 e. The average Bonchev–Trinajstić information content (AvgIpc) is 2.81. The van der Waals surface area contributed by atoms with Gasteiger partial charge in [-0.2, -0.15) is 19.6 Å². The summed E-state index contributed by atoms with van der Waals surface area (Å²) < 4.78 is 6.42. The van der Waals surface area contributed by atoms with Crippen LogP contribution in [0.2, 0.25) is 5.28 Å². The van der Waals surface area contributed by atoms with E-state index in [4.69, 9.17) is 16.3 Å². The zero-order valence-electron chi connectivity index (χ0n) is 9.28. The molecule has 8 heteroatoms. The smallest absolute Gasteiger partial charge is 0.322 e. The maximum atomic E-state index is 5.79. The summed E-state index contributed by atoms with van der Waals surface area (Å²) in [6.07, 6.45) is 0. The van der Waals surface area contributed by atoms with Crippen LogP contribution in [0.15, 0.2) is 24.3 Å². The van der Waals surface area contributed by atoms with Crippen molar-refractivity contribution in [2.75, 3.05) is 7.11 Å². The van der Waals surface area contributed by atoms with Crippen molar-refractivity contribution in [2.45, 2.75) is 0 Å². The van der Waals surface area contributed by atoms with Crippen molar-refractivity contribution < 1.29 is 4.74 Å². The molecule has 0 spiro atoms. The molecule has 0 aliphatic carbocycles. The normalized spacial score (nSPS) is 10.8. The molecule has 7 nitrogen and oxygen atoms in total. The number of benzene rings is 1. The summed E-state index contributed by atoms with van der Waals surface area (Å²) in [6.45, 7) is 0. The van der Waals surface area contributed by atoms with Crippen LogP contribution in [-0.2, 0) is 0 Å². The van der Waals surface area contributed by atoms with Crippen LogP contribution < -0.4 is 4.74 Å². The van der Waals surface area contributed by atoms with E-state index < -0.39 is 0 Å². The Bertz CT molecular complexity index is 712. The fourth-order valence-corrected chi connectivity index (χ4v) is 1.67. The summed E-state index contributed by atoms with van der Waals surface area (Å²) in [4.78, 5) is 11.9. The molecule has 0 amide bonds. The lowest BCUT2D eigenvalue weighted by atomic mass is 10.3. The number of methoxy groups -OCH3 is 1. The van der Waals surface area contributed by atoms with Gasteiger partial charge < -0.3 is 4.74 Å². The standard InChI is InChI=1S/C10H7ClN6O/c1-18-10-13-8(11)12-9(14-10)17-7-5-3-2-4-6(7)15-16-17/h2-5H,1H3. The highest BCUT2D eigenvalue weighted by Crippen LogP contribution is 2.15. The fourth-order valence-electron chi connectivity index (χ4n) is 1.52. The lowest BCUT2D eigenvalue weighted by molar-refractivity contribution is 0.376. The van der Waals surface area contributed by atoms with Crippen LogP contribution in [0.5, 0.6) is 6.01 Å². The molecule has 0 radical (unpaired) electrons.